The lowest BCUT2D eigenvalue weighted by atomic mass is 10.2. The van der Waals surface area contributed by atoms with Crippen molar-refractivity contribution >= 4 is 0 Å². The molecule has 2 heterocycles. The first-order valence-corrected chi connectivity index (χ1v) is 8.13. The normalized spacial score (nSPS) is 18.7. The van der Waals surface area contributed by atoms with Crippen LogP contribution in [0, 0.1) is 12.7 Å². The molecule has 23 heavy (non-hydrogen) atoms. The molecule has 3 rings (SSSR count). The highest BCUT2D eigenvalue weighted by Crippen LogP contribution is 2.21. The van der Waals surface area contributed by atoms with Crippen LogP contribution >= 0.6 is 0 Å². The van der Waals surface area contributed by atoms with Crippen molar-refractivity contribution in [1.82, 2.24) is 20.0 Å². The van der Waals surface area contributed by atoms with E-state index in [1.807, 2.05) is 19.1 Å². The predicted molar refractivity (Wildman–Crippen MR) is 85.3 cm³/mol. The van der Waals surface area contributed by atoms with E-state index in [0.717, 1.165) is 38.2 Å². The summed E-state index contributed by atoms with van der Waals surface area (Å²) in [6.07, 6.45) is 1.05. The summed E-state index contributed by atoms with van der Waals surface area (Å²) >= 11 is 0. The molecular weight excluding hydrogens is 295 g/mol. The van der Waals surface area contributed by atoms with Crippen molar-refractivity contribution in [2.75, 3.05) is 26.2 Å². The Hall–Kier alpha value is -1.79. The van der Waals surface area contributed by atoms with Crippen molar-refractivity contribution in [3.8, 4) is 0 Å². The fraction of sp³-hybridized carbons (Fsp3) is 0.529. The van der Waals surface area contributed by atoms with E-state index in [9.17, 15) is 4.39 Å². The van der Waals surface area contributed by atoms with Gasteiger partial charge in [0.15, 0.2) is 0 Å². The van der Waals surface area contributed by atoms with E-state index < -0.39 is 0 Å². The van der Waals surface area contributed by atoms with Gasteiger partial charge >= 0.3 is 0 Å². The number of hydrogen-bond acceptors (Lipinski definition) is 5. The first-order chi connectivity index (χ1) is 11.1. The molecule has 1 atom stereocenters. The van der Waals surface area contributed by atoms with Gasteiger partial charge in [-0.25, -0.2) is 4.39 Å². The van der Waals surface area contributed by atoms with E-state index in [2.05, 4.69) is 26.9 Å². The van der Waals surface area contributed by atoms with Crippen LogP contribution in [-0.2, 0) is 6.54 Å². The van der Waals surface area contributed by atoms with Crippen LogP contribution in [0.15, 0.2) is 28.7 Å². The fourth-order valence-electron chi connectivity index (χ4n) is 3.04. The summed E-state index contributed by atoms with van der Waals surface area (Å²) in [6.45, 7) is 8.34. The molecule has 124 valence electrons. The van der Waals surface area contributed by atoms with E-state index in [1.54, 1.807) is 6.07 Å². The van der Waals surface area contributed by atoms with Crippen LogP contribution < -0.4 is 0 Å². The molecule has 0 radical (unpaired) electrons. The van der Waals surface area contributed by atoms with Gasteiger partial charge in [-0.1, -0.05) is 18.2 Å². The smallest absolute Gasteiger partial charge is 0.233 e. The molecule has 1 aromatic heterocycles. The van der Waals surface area contributed by atoms with Gasteiger partial charge in [0.25, 0.3) is 0 Å². The molecule has 0 saturated carbocycles. The Morgan fingerprint density at radius 2 is 2.00 bits per heavy atom. The van der Waals surface area contributed by atoms with Crippen LogP contribution in [0.4, 0.5) is 4.39 Å². The van der Waals surface area contributed by atoms with E-state index >= 15 is 0 Å². The van der Waals surface area contributed by atoms with Gasteiger partial charge in [-0.15, -0.1) is 10.2 Å². The molecule has 5 nitrogen and oxygen atoms in total. The highest BCUT2D eigenvalue weighted by Gasteiger charge is 2.24. The lowest BCUT2D eigenvalue weighted by Gasteiger charge is -2.25. The van der Waals surface area contributed by atoms with Gasteiger partial charge in [0.05, 0.1) is 6.04 Å². The zero-order valence-corrected chi connectivity index (χ0v) is 13.7. The molecule has 1 unspecified atom stereocenters. The summed E-state index contributed by atoms with van der Waals surface area (Å²) in [5.74, 6) is 1.15. The number of halogens is 1. The van der Waals surface area contributed by atoms with E-state index in [1.165, 1.54) is 6.07 Å². The first-order valence-electron chi connectivity index (χ1n) is 8.13. The van der Waals surface area contributed by atoms with Crippen LogP contribution in [0.25, 0.3) is 0 Å². The molecule has 0 spiro atoms. The fourth-order valence-corrected chi connectivity index (χ4v) is 3.04. The highest BCUT2D eigenvalue weighted by atomic mass is 19.1. The Kier molecular flexibility index (Phi) is 5.03. The Morgan fingerprint density at radius 1 is 1.17 bits per heavy atom. The highest BCUT2D eigenvalue weighted by molar-refractivity contribution is 5.17. The molecule has 1 aliphatic heterocycles. The molecule has 6 heteroatoms. The third-order valence-corrected chi connectivity index (χ3v) is 4.42. The van der Waals surface area contributed by atoms with Crippen molar-refractivity contribution in [2.45, 2.75) is 32.9 Å². The van der Waals surface area contributed by atoms with Crippen LogP contribution in [0.1, 0.15) is 36.7 Å². The number of rotatable bonds is 4. The molecule has 0 aliphatic carbocycles. The lowest BCUT2D eigenvalue weighted by Crippen LogP contribution is -2.32. The number of nitrogens with zero attached hydrogens (tertiary/aromatic N) is 4. The largest absolute Gasteiger partial charge is 0.424 e. The van der Waals surface area contributed by atoms with Gasteiger partial charge in [0.2, 0.25) is 11.8 Å². The monoisotopic (exact) mass is 318 g/mol. The zero-order chi connectivity index (χ0) is 16.2. The van der Waals surface area contributed by atoms with Crippen molar-refractivity contribution < 1.29 is 8.81 Å². The van der Waals surface area contributed by atoms with Crippen LogP contribution in [0.2, 0.25) is 0 Å². The Bertz CT molecular complexity index is 645. The molecule has 1 saturated heterocycles. The summed E-state index contributed by atoms with van der Waals surface area (Å²) in [5, 5.41) is 8.04. The van der Waals surface area contributed by atoms with E-state index in [-0.39, 0.29) is 11.9 Å². The Morgan fingerprint density at radius 3 is 2.74 bits per heavy atom. The Balaban J connectivity index is 1.60. The minimum absolute atomic E-state index is 0.115. The maximum atomic E-state index is 13.8. The summed E-state index contributed by atoms with van der Waals surface area (Å²) in [5.41, 5.74) is 0.765. The van der Waals surface area contributed by atoms with Crippen LogP contribution in [-0.4, -0.2) is 46.2 Å². The van der Waals surface area contributed by atoms with Gasteiger partial charge in [-0.3, -0.25) is 9.80 Å². The average Bonchev–Trinajstić information content (AvgIpc) is 2.84. The van der Waals surface area contributed by atoms with Crippen molar-refractivity contribution in [3.63, 3.8) is 0 Å². The topological polar surface area (TPSA) is 45.4 Å². The van der Waals surface area contributed by atoms with Gasteiger partial charge in [-0.05, 0) is 26.0 Å². The minimum Gasteiger partial charge on any atom is -0.424 e. The minimum atomic E-state index is -0.122. The second-order valence-corrected chi connectivity index (χ2v) is 6.09. The molecule has 2 aromatic rings. The third-order valence-electron chi connectivity index (χ3n) is 4.42. The number of aryl methyl sites for hydroxylation is 1. The number of aromatic nitrogens is 2. The molecule has 0 amide bonds. The van der Waals surface area contributed by atoms with E-state index in [0.29, 0.717) is 18.3 Å². The summed E-state index contributed by atoms with van der Waals surface area (Å²) in [6, 6.07) is 7.13. The van der Waals surface area contributed by atoms with Crippen molar-refractivity contribution in [2.24, 2.45) is 0 Å². The number of benzene rings is 1. The summed E-state index contributed by atoms with van der Waals surface area (Å²) in [7, 11) is 0. The second kappa shape index (κ2) is 7.19. The molecular formula is C17H23FN4O. The van der Waals surface area contributed by atoms with Crippen molar-refractivity contribution in [1.29, 1.82) is 0 Å². The van der Waals surface area contributed by atoms with Crippen molar-refractivity contribution in [3.05, 3.63) is 47.4 Å². The standard InChI is InChI=1S/C17H23FN4O/c1-13(17-20-19-14(2)23-17)22-9-5-8-21(10-11-22)12-15-6-3-4-7-16(15)18/h3-4,6-7,13H,5,8-12H2,1-2H3. The zero-order valence-electron chi connectivity index (χ0n) is 13.7. The number of hydrogen-bond donors (Lipinski definition) is 0. The molecule has 1 aliphatic rings. The maximum Gasteiger partial charge on any atom is 0.233 e. The Labute approximate surface area is 136 Å². The van der Waals surface area contributed by atoms with Gasteiger partial charge in [-0.2, -0.15) is 0 Å². The van der Waals surface area contributed by atoms with Gasteiger partial charge in [0, 0.05) is 38.7 Å². The second-order valence-electron chi connectivity index (χ2n) is 6.09. The third kappa shape index (κ3) is 3.95. The SMILES string of the molecule is Cc1nnc(C(C)N2CCCN(Cc3ccccc3F)CC2)o1. The lowest BCUT2D eigenvalue weighted by molar-refractivity contribution is 0.182. The first kappa shape index (κ1) is 16.1. The van der Waals surface area contributed by atoms with Gasteiger partial charge < -0.3 is 4.42 Å². The van der Waals surface area contributed by atoms with Crippen LogP contribution in [0.3, 0.4) is 0 Å². The van der Waals surface area contributed by atoms with Gasteiger partial charge in [0.1, 0.15) is 5.82 Å². The average molecular weight is 318 g/mol. The summed E-state index contributed by atoms with van der Waals surface area (Å²) in [4.78, 5) is 4.67. The molecule has 0 N–H and O–H groups in total. The molecule has 1 fully saturated rings. The molecule has 0 bridgehead atoms. The van der Waals surface area contributed by atoms with Crippen LogP contribution in [0.5, 0.6) is 0 Å². The summed E-state index contributed by atoms with van der Waals surface area (Å²) < 4.78 is 19.4. The quantitative estimate of drug-likeness (QED) is 0.867. The molecule has 1 aromatic carbocycles. The maximum absolute atomic E-state index is 13.8. The predicted octanol–water partition coefficient (Wildman–Crippen LogP) is 2.79. The van der Waals surface area contributed by atoms with E-state index in [4.69, 9.17) is 4.42 Å².